The highest BCUT2D eigenvalue weighted by atomic mass is 16.2. The molecule has 2 aromatic rings. The zero-order valence-electron chi connectivity index (χ0n) is 15.5. The number of rotatable bonds is 4. The van der Waals surface area contributed by atoms with Crippen molar-refractivity contribution in [1.29, 1.82) is 0 Å². The third-order valence-corrected chi connectivity index (χ3v) is 5.13. The van der Waals surface area contributed by atoms with Crippen LogP contribution >= 0.6 is 0 Å². The summed E-state index contributed by atoms with van der Waals surface area (Å²) in [7, 11) is 0. The summed E-state index contributed by atoms with van der Waals surface area (Å²) in [6, 6.07) is 17.5. The van der Waals surface area contributed by atoms with Crippen molar-refractivity contribution in [1.82, 2.24) is 10.2 Å². The average molecular weight is 350 g/mol. The van der Waals surface area contributed by atoms with Gasteiger partial charge in [-0.1, -0.05) is 48.0 Å². The Hall–Kier alpha value is -2.62. The van der Waals surface area contributed by atoms with Gasteiger partial charge in [-0.3, -0.25) is 9.59 Å². The van der Waals surface area contributed by atoms with Gasteiger partial charge in [0.15, 0.2) is 0 Å². The number of likely N-dealkylation sites (tertiary alicyclic amines) is 1. The van der Waals surface area contributed by atoms with Crippen molar-refractivity contribution < 1.29 is 9.59 Å². The van der Waals surface area contributed by atoms with E-state index in [-0.39, 0.29) is 11.8 Å². The van der Waals surface area contributed by atoms with Crippen molar-refractivity contribution in [3.8, 4) is 0 Å². The Kier molecular flexibility index (Phi) is 5.40. The molecule has 2 amide bonds. The average Bonchev–Trinajstić information content (AvgIpc) is 2.67. The lowest BCUT2D eigenvalue weighted by Crippen LogP contribution is -2.51. The molecule has 0 spiro atoms. The van der Waals surface area contributed by atoms with E-state index in [2.05, 4.69) is 5.32 Å². The molecule has 0 bridgehead atoms. The van der Waals surface area contributed by atoms with Gasteiger partial charge in [0, 0.05) is 25.2 Å². The van der Waals surface area contributed by atoms with Gasteiger partial charge in [0.25, 0.3) is 5.91 Å². The third kappa shape index (κ3) is 4.13. The van der Waals surface area contributed by atoms with Crippen molar-refractivity contribution in [3.05, 3.63) is 71.3 Å². The second-order valence-electron chi connectivity index (χ2n) is 7.43. The Bertz CT molecular complexity index is 770. The smallest absolute Gasteiger partial charge is 0.253 e. The number of carbonyl (C=O) groups excluding carboxylic acids is 2. The van der Waals surface area contributed by atoms with Gasteiger partial charge in [-0.15, -0.1) is 0 Å². The van der Waals surface area contributed by atoms with E-state index in [1.807, 2.05) is 73.3 Å². The first kappa shape index (κ1) is 18.2. The molecular formula is C22H26N2O2. The predicted octanol–water partition coefficient (Wildman–Crippen LogP) is 3.55. The molecule has 0 saturated carbocycles. The van der Waals surface area contributed by atoms with Crippen molar-refractivity contribution in [2.45, 2.75) is 33.2 Å². The molecule has 2 aromatic carbocycles. The Morgan fingerprint density at radius 2 is 1.77 bits per heavy atom. The summed E-state index contributed by atoms with van der Waals surface area (Å²) in [4.78, 5) is 27.4. The minimum atomic E-state index is -0.548. The van der Waals surface area contributed by atoms with Crippen LogP contribution < -0.4 is 5.32 Å². The number of carbonyl (C=O) groups is 2. The van der Waals surface area contributed by atoms with Gasteiger partial charge in [-0.05, 0) is 44.4 Å². The van der Waals surface area contributed by atoms with Crippen LogP contribution in [0.25, 0.3) is 0 Å². The van der Waals surface area contributed by atoms with E-state index in [1.54, 1.807) is 0 Å². The van der Waals surface area contributed by atoms with E-state index >= 15 is 0 Å². The van der Waals surface area contributed by atoms with Gasteiger partial charge < -0.3 is 10.2 Å². The topological polar surface area (TPSA) is 49.4 Å². The molecule has 1 heterocycles. The van der Waals surface area contributed by atoms with E-state index in [9.17, 15) is 9.59 Å². The first-order valence-corrected chi connectivity index (χ1v) is 9.16. The first-order valence-electron chi connectivity index (χ1n) is 9.16. The van der Waals surface area contributed by atoms with Crippen LogP contribution in [-0.4, -0.2) is 29.8 Å². The number of amides is 2. The molecule has 1 fully saturated rings. The highest BCUT2D eigenvalue weighted by molar-refractivity contribution is 5.95. The van der Waals surface area contributed by atoms with Crippen LogP contribution in [0.2, 0.25) is 0 Å². The standard InChI is InChI=1S/C22H26N2O2/c1-17-9-11-19(12-10-17)20(25)24-14-6-13-22(2,16-24)21(26)23-15-18-7-4-3-5-8-18/h3-5,7-12H,6,13-16H2,1-2H3,(H,23,26)/t22-/m0/s1. The molecule has 1 N–H and O–H groups in total. The van der Waals surface area contributed by atoms with E-state index in [4.69, 9.17) is 0 Å². The van der Waals surface area contributed by atoms with Crippen molar-refractivity contribution in [2.75, 3.05) is 13.1 Å². The molecule has 0 aromatic heterocycles. The maximum absolute atomic E-state index is 12.8. The zero-order valence-corrected chi connectivity index (χ0v) is 15.5. The molecule has 26 heavy (non-hydrogen) atoms. The fourth-order valence-corrected chi connectivity index (χ4v) is 3.47. The molecule has 1 aliphatic rings. The summed E-state index contributed by atoms with van der Waals surface area (Å²) in [5.41, 5.74) is 2.34. The lowest BCUT2D eigenvalue weighted by Gasteiger charge is -2.39. The molecule has 4 heteroatoms. The SMILES string of the molecule is Cc1ccc(C(=O)N2CCC[C@](C)(C(=O)NCc3ccccc3)C2)cc1. The predicted molar refractivity (Wildman–Crippen MR) is 103 cm³/mol. The molecule has 136 valence electrons. The van der Waals surface area contributed by atoms with Crippen LogP contribution in [0.5, 0.6) is 0 Å². The van der Waals surface area contributed by atoms with Crippen molar-refractivity contribution in [3.63, 3.8) is 0 Å². The Labute approximate surface area is 155 Å². The summed E-state index contributed by atoms with van der Waals surface area (Å²) < 4.78 is 0. The van der Waals surface area contributed by atoms with Crippen LogP contribution in [-0.2, 0) is 11.3 Å². The van der Waals surface area contributed by atoms with Gasteiger partial charge in [-0.2, -0.15) is 0 Å². The number of aryl methyl sites for hydroxylation is 1. The Balaban J connectivity index is 1.64. The number of benzene rings is 2. The maximum Gasteiger partial charge on any atom is 0.253 e. The van der Waals surface area contributed by atoms with Crippen LogP contribution in [0, 0.1) is 12.3 Å². The van der Waals surface area contributed by atoms with E-state index < -0.39 is 5.41 Å². The van der Waals surface area contributed by atoms with Crippen LogP contribution in [0.3, 0.4) is 0 Å². The summed E-state index contributed by atoms with van der Waals surface area (Å²) in [6.45, 7) is 5.64. The zero-order chi connectivity index (χ0) is 18.6. The lowest BCUT2D eigenvalue weighted by atomic mass is 9.80. The quantitative estimate of drug-likeness (QED) is 0.917. The summed E-state index contributed by atoms with van der Waals surface area (Å²) in [6.07, 6.45) is 1.64. The van der Waals surface area contributed by atoms with Crippen molar-refractivity contribution >= 4 is 11.8 Å². The highest BCUT2D eigenvalue weighted by Gasteiger charge is 2.39. The van der Waals surface area contributed by atoms with E-state index in [0.29, 0.717) is 25.2 Å². The molecule has 4 nitrogen and oxygen atoms in total. The van der Waals surface area contributed by atoms with Crippen LogP contribution in [0.1, 0.15) is 41.3 Å². The number of hydrogen-bond donors (Lipinski definition) is 1. The molecule has 1 aliphatic heterocycles. The molecule has 3 rings (SSSR count). The lowest BCUT2D eigenvalue weighted by molar-refractivity contribution is -0.132. The molecule has 0 aliphatic carbocycles. The second kappa shape index (κ2) is 7.73. The molecular weight excluding hydrogens is 324 g/mol. The second-order valence-corrected chi connectivity index (χ2v) is 7.43. The Morgan fingerprint density at radius 3 is 2.46 bits per heavy atom. The molecule has 1 atom stereocenters. The maximum atomic E-state index is 12.8. The minimum absolute atomic E-state index is 0.00628. The third-order valence-electron chi connectivity index (χ3n) is 5.13. The van der Waals surface area contributed by atoms with Crippen LogP contribution in [0.4, 0.5) is 0 Å². The highest BCUT2D eigenvalue weighted by Crippen LogP contribution is 2.30. The molecule has 1 saturated heterocycles. The largest absolute Gasteiger partial charge is 0.351 e. The number of nitrogens with zero attached hydrogens (tertiary/aromatic N) is 1. The summed E-state index contributed by atoms with van der Waals surface area (Å²) in [5.74, 6) is 0.0227. The van der Waals surface area contributed by atoms with E-state index in [1.165, 1.54) is 0 Å². The van der Waals surface area contributed by atoms with Gasteiger partial charge in [0.1, 0.15) is 0 Å². The number of piperidine rings is 1. The fourth-order valence-electron chi connectivity index (χ4n) is 3.47. The van der Waals surface area contributed by atoms with Gasteiger partial charge >= 0.3 is 0 Å². The molecule has 0 radical (unpaired) electrons. The van der Waals surface area contributed by atoms with Gasteiger partial charge in [0.2, 0.25) is 5.91 Å². The van der Waals surface area contributed by atoms with Gasteiger partial charge in [0.05, 0.1) is 5.41 Å². The molecule has 0 unspecified atom stereocenters. The first-order chi connectivity index (χ1) is 12.5. The fraction of sp³-hybridized carbons (Fsp3) is 0.364. The van der Waals surface area contributed by atoms with Gasteiger partial charge in [-0.25, -0.2) is 0 Å². The summed E-state index contributed by atoms with van der Waals surface area (Å²) >= 11 is 0. The Morgan fingerprint density at radius 1 is 1.08 bits per heavy atom. The van der Waals surface area contributed by atoms with E-state index in [0.717, 1.165) is 24.0 Å². The van der Waals surface area contributed by atoms with Crippen molar-refractivity contribution in [2.24, 2.45) is 5.41 Å². The monoisotopic (exact) mass is 350 g/mol. The number of nitrogens with one attached hydrogen (secondary N) is 1. The minimum Gasteiger partial charge on any atom is -0.351 e. The normalized spacial score (nSPS) is 19.8. The summed E-state index contributed by atoms with van der Waals surface area (Å²) in [5, 5.41) is 3.04. The van der Waals surface area contributed by atoms with Crippen LogP contribution in [0.15, 0.2) is 54.6 Å². The number of hydrogen-bond acceptors (Lipinski definition) is 2.